The number of hydrogen-bond donors (Lipinski definition) is 1. The van der Waals surface area contributed by atoms with Crippen LogP contribution in [0.3, 0.4) is 0 Å². The van der Waals surface area contributed by atoms with Crippen LogP contribution < -0.4 is 5.32 Å². The standard InChI is InChI=1S/C16H23FN2O3/c17-12-9-16(20-7-8-21-16)6-5-13(12)18-10-14-11-3-1-2-4-15(11)22-19-14/h12-13,18H,1-10H2. The van der Waals surface area contributed by atoms with Crippen LogP contribution in [0.25, 0.3) is 0 Å². The first-order valence-electron chi connectivity index (χ1n) is 8.37. The number of halogens is 1. The topological polar surface area (TPSA) is 56.5 Å². The van der Waals surface area contributed by atoms with Crippen molar-refractivity contribution in [1.29, 1.82) is 0 Å². The molecule has 2 aliphatic carbocycles. The lowest BCUT2D eigenvalue weighted by atomic mass is 9.88. The van der Waals surface area contributed by atoms with Crippen LogP contribution in [0.4, 0.5) is 4.39 Å². The molecule has 1 saturated heterocycles. The number of nitrogens with one attached hydrogen (secondary N) is 1. The third-order valence-corrected chi connectivity index (χ3v) is 5.16. The molecule has 2 atom stereocenters. The Bertz CT molecular complexity index is 527. The zero-order valence-corrected chi connectivity index (χ0v) is 12.8. The van der Waals surface area contributed by atoms with Crippen molar-refractivity contribution in [2.45, 2.75) is 69.5 Å². The van der Waals surface area contributed by atoms with Crippen LogP contribution in [-0.4, -0.2) is 36.4 Å². The van der Waals surface area contributed by atoms with Crippen LogP contribution in [-0.2, 0) is 28.9 Å². The Kier molecular flexibility index (Phi) is 3.92. The average molecular weight is 310 g/mol. The van der Waals surface area contributed by atoms with Crippen molar-refractivity contribution < 1.29 is 18.4 Å². The summed E-state index contributed by atoms with van der Waals surface area (Å²) in [5.41, 5.74) is 2.19. The van der Waals surface area contributed by atoms with E-state index in [1.165, 1.54) is 18.4 Å². The minimum Gasteiger partial charge on any atom is -0.361 e. The highest BCUT2D eigenvalue weighted by molar-refractivity contribution is 5.25. The molecule has 2 fully saturated rings. The lowest BCUT2D eigenvalue weighted by Crippen LogP contribution is -2.49. The molecule has 1 aromatic rings. The molecule has 1 aliphatic heterocycles. The van der Waals surface area contributed by atoms with Gasteiger partial charge in [-0.25, -0.2) is 4.39 Å². The molecule has 0 bridgehead atoms. The Morgan fingerprint density at radius 2 is 2.05 bits per heavy atom. The molecule has 4 rings (SSSR count). The molecule has 2 unspecified atom stereocenters. The zero-order valence-electron chi connectivity index (χ0n) is 12.8. The number of alkyl halides is 1. The van der Waals surface area contributed by atoms with Crippen LogP contribution in [0.15, 0.2) is 4.52 Å². The van der Waals surface area contributed by atoms with Crippen molar-refractivity contribution in [2.24, 2.45) is 0 Å². The summed E-state index contributed by atoms with van der Waals surface area (Å²) < 4.78 is 31.1. The normalized spacial score (nSPS) is 30.6. The lowest BCUT2D eigenvalue weighted by molar-refractivity contribution is -0.192. The van der Waals surface area contributed by atoms with E-state index in [9.17, 15) is 4.39 Å². The average Bonchev–Trinajstić information content (AvgIpc) is 3.14. The SMILES string of the molecule is FC1CC2(CCC1NCc1noc3c1CCCC3)OCCO2. The van der Waals surface area contributed by atoms with Gasteiger partial charge in [0.2, 0.25) is 0 Å². The van der Waals surface area contributed by atoms with Crippen LogP contribution in [0, 0.1) is 0 Å². The smallest absolute Gasteiger partial charge is 0.171 e. The molecular formula is C16H23FN2O3. The Hall–Kier alpha value is -0.980. The van der Waals surface area contributed by atoms with Gasteiger partial charge < -0.3 is 19.3 Å². The molecule has 1 spiro atoms. The maximum absolute atomic E-state index is 14.4. The van der Waals surface area contributed by atoms with E-state index in [-0.39, 0.29) is 6.04 Å². The Balaban J connectivity index is 1.35. The second kappa shape index (κ2) is 5.91. The molecule has 1 saturated carbocycles. The number of ether oxygens (including phenoxy) is 2. The summed E-state index contributed by atoms with van der Waals surface area (Å²) in [6.45, 7) is 1.74. The quantitative estimate of drug-likeness (QED) is 0.928. The minimum absolute atomic E-state index is 0.158. The van der Waals surface area contributed by atoms with E-state index in [2.05, 4.69) is 10.5 Å². The highest BCUT2D eigenvalue weighted by Gasteiger charge is 2.45. The molecule has 0 radical (unpaired) electrons. The van der Waals surface area contributed by atoms with Crippen LogP contribution >= 0.6 is 0 Å². The first kappa shape index (κ1) is 14.6. The number of aromatic nitrogens is 1. The van der Waals surface area contributed by atoms with Crippen molar-refractivity contribution in [3.8, 4) is 0 Å². The van der Waals surface area contributed by atoms with E-state index in [1.807, 2.05) is 0 Å². The molecule has 122 valence electrons. The van der Waals surface area contributed by atoms with Gasteiger partial charge in [0.25, 0.3) is 0 Å². The molecule has 5 nitrogen and oxygen atoms in total. The summed E-state index contributed by atoms with van der Waals surface area (Å²) in [6.07, 6.45) is 5.22. The molecular weight excluding hydrogens is 287 g/mol. The summed E-state index contributed by atoms with van der Waals surface area (Å²) in [6, 6.07) is -0.158. The number of aryl methyl sites for hydroxylation is 1. The summed E-state index contributed by atoms with van der Waals surface area (Å²) in [5.74, 6) is 0.361. The largest absolute Gasteiger partial charge is 0.361 e. The Morgan fingerprint density at radius 1 is 1.23 bits per heavy atom. The van der Waals surface area contributed by atoms with E-state index >= 15 is 0 Å². The fourth-order valence-corrected chi connectivity index (χ4v) is 3.90. The van der Waals surface area contributed by atoms with E-state index < -0.39 is 12.0 Å². The van der Waals surface area contributed by atoms with Crippen molar-refractivity contribution in [2.75, 3.05) is 13.2 Å². The van der Waals surface area contributed by atoms with Gasteiger partial charge in [-0.05, 0) is 25.7 Å². The van der Waals surface area contributed by atoms with Crippen LogP contribution in [0.2, 0.25) is 0 Å². The fraction of sp³-hybridized carbons (Fsp3) is 0.812. The summed E-state index contributed by atoms with van der Waals surface area (Å²) >= 11 is 0. The van der Waals surface area contributed by atoms with E-state index in [1.54, 1.807) is 0 Å². The highest BCUT2D eigenvalue weighted by atomic mass is 19.1. The van der Waals surface area contributed by atoms with Crippen molar-refractivity contribution in [3.05, 3.63) is 17.0 Å². The van der Waals surface area contributed by atoms with Gasteiger partial charge in [0, 0.05) is 37.4 Å². The molecule has 22 heavy (non-hydrogen) atoms. The number of hydrogen-bond acceptors (Lipinski definition) is 5. The molecule has 0 amide bonds. The van der Waals surface area contributed by atoms with Crippen LogP contribution in [0.5, 0.6) is 0 Å². The zero-order chi connectivity index (χ0) is 15.0. The van der Waals surface area contributed by atoms with Crippen LogP contribution in [0.1, 0.15) is 49.1 Å². The van der Waals surface area contributed by atoms with Gasteiger partial charge in [-0.1, -0.05) is 5.16 Å². The van der Waals surface area contributed by atoms with Gasteiger partial charge in [0.05, 0.1) is 13.2 Å². The minimum atomic E-state index is -0.949. The summed E-state index contributed by atoms with van der Waals surface area (Å²) in [4.78, 5) is 0. The second-order valence-corrected chi connectivity index (χ2v) is 6.59. The summed E-state index contributed by atoms with van der Waals surface area (Å²) in [7, 11) is 0. The second-order valence-electron chi connectivity index (χ2n) is 6.59. The Labute approximate surface area is 129 Å². The predicted molar refractivity (Wildman–Crippen MR) is 77.2 cm³/mol. The van der Waals surface area contributed by atoms with Crippen molar-refractivity contribution >= 4 is 0 Å². The lowest BCUT2D eigenvalue weighted by Gasteiger charge is -2.37. The van der Waals surface area contributed by atoms with Gasteiger partial charge in [0.1, 0.15) is 17.6 Å². The number of rotatable bonds is 3. The first-order valence-corrected chi connectivity index (χ1v) is 8.37. The number of nitrogens with zero attached hydrogens (tertiary/aromatic N) is 1. The Morgan fingerprint density at radius 3 is 2.86 bits per heavy atom. The molecule has 6 heteroatoms. The highest BCUT2D eigenvalue weighted by Crippen LogP contribution is 2.37. The molecule has 3 aliphatic rings. The van der Waals surface area contributed by atoms with Gasteiger partial charge in [-0.15, -0.1) is 0 Å². The third-order valence-electron chi connectivity index (χ3n) is 5.16. The van der Waals surface area contributed by atoms with Crippen molar-refractivity contribution in [1.82, 2.24) is 10.5 Å². The maximum atomic E-state index is 14.4. The van der Waals surface area contributed by atoms with E-state index in [4.69, 9.17) is 14.0 Å². The molecule has 1 aromatic heterocycles. The third kappa shape index (κ3) is 2.68. The number of fused-ring (bicyclic) bond motifs is 1. The predicted octanol–water partition coefficient (Wildman–Crippen LogP) is 2.28. The van der Waals surface area contributed by atoms with Gasteiger partial charge in [0.15, 0.2) is 5.79 Å². The first-order chi connectivity index (χ1) is 10.8. The monoisotopic (exact) mass is 310 g/mol. The van der Waals surface area contributed by atoms with Gasteiger partial charge in [-0.3, -0.25) is 0 Å². The van der Waals surface area contributed by atoms with Crippen molar-refractivity contribution in [3.63, 3.8) is 0 Å². The summed E-state index contributed by atoms with van der Waals surface area (Å²) in [5, 5.41) is 7.49. The van der Waals surface area contributed by atoms with Gasteiger partial charge in [-0.2, -0.15) is 0 Å². The molecule has 1 N–H and O–H groups in total. The fourth-order valence-electron chi connectivity index (χ4n) is 3.90. The van der Waals surface area contributed by atoms with E-state index in [0.29, 0.717) is 26.2 Å². The van der Waals surface area contributed by atoms with E-state index in [0.717, 1.165) is 37.1 Å². The molecule has 0 aromatic carbocycles. The van der Waals surface area contributed by atoms with Gasteiger partial charge >= 0.3 is 0 Å². The maximum Gasteiger partial charge on any atom is 0.171 e. The molecule has 2 heterocycles.